The zero-order valence-electron chi connectivity index (χ0n) is 11.9. The lowest BCUT2D eigenvalue weighted by Crippen LogP contribution is -2.33. The van der Waals surface area contributed by atoms with Crippen LogP contribution in [0.15, 0.2) is 0 Å². The van der Waals surface area contributed by atoms with E-state index in [0.717, 1.165) is 0 Å². The molecule has 0 aromatic carbocycles. The van der Waals surface area contributed by atoms with Crippen molar-refractivity contribution in [3.8, 4) is 0 Å². The first-order valence-electron chi connectivity index (χ1n) is 6.47. The van der Waals surface area contributed by atoms with Crippen molar-refractivity contribution < 1.29 is 23.1 Å². The Balaban J connectivity index is 2.38. The fraction of sp³-hybridized carbons (Fsp3) is 0.615. The highest BCUT2D eigenvalue weighted by atomic mass is 19.4. The molecule has 0 amide bonds. The zero-order chi connectivity index (χ0) is 15.9. The summed E-state index contributed by atoms with van der Waals surface area (Å²) in [5, 5.41) is 9.03. The predicted molar refractivity (Wildman–Crippen MR) is 69.1 cm³/mol. The van der Waals surface area contributed by atoms with Crippen molar-refractivity contribution in [1.29, 1.82) is 0 Å². The summed E-state index contributed by atoms with van der Waals surface area (Å²) in [6, 6.07) is 0. The van der Waals surface area contributed by atoms with Gasteiger partial charge < -0.3 is 10.0 Å². The summed E-state index contributed by atoms with van der Waals surface area (Å²) in [4.78, 5) is 20.8. The van der Waals surface area contributed by atoms with E-state index in [1.807, 2.05) is 0 Å². The van der Waals surface area contributed by atoms with Crippen LogP contribution in [0.3, 0.4) is 0 Å². The molecular weight excluding hydrogens is 287 g/mol. The lowest BCUT2D eigenvalue weighted by molar-refractivity contribution is -0.187. The van der Waals surface area contributed by atoms with Crippen molar-refractivity contribution in [2.24, 2.45) is 11.8 Å². The smallest absolute Gasteiger partial charge is 0.394 e. The standard InChI is InChI=1S/C13H16F3N3O2/c1-6-7(2)17-8(3)18-11(6)19-4-9(12(20)21)10(5-19)13(14,15)16/h9-10H,4-5H2,1-3H3,(H,20,21)/t9-,10-/m1/s1. The van der Waals surface area contributed by atoms with Crippen LogP contribution >= 0.6 is 0 Å². The van der Waals surface area contributed by atoms with Crippen LogP contribution in [0.4, 0.5) is 19.0 Å². The zero-order valence-corrected chi connectivity index (χ0v) is 11.9. The van der Waals surface area contributed by atoms with Gasteiger partial charge in [0.25, 0.3) is 0 Å². The third kappa shape index (κ3) is 2.93. The van der Waals surface area contributed by atoms with E-state index >= 15 is 0 Å². The van der Waals surface area contributed by atoms with Crippen LogP contribution in [0, 0.1) is 32.6 Å². The molecule has 0 unspecified atom stereocenters. The second-order valence-electron chi connectivity index (χ2n) is 5.30. The minimum absolute atomic E-state index is 0.198. The Bertz CT molecular complexity index is 575. The molecule has 1 aliphatic rings. The molecule has 0 saturated carbocycles. The first kappa shape index (κ1) is 15.5. The Labute approximate surface area is 119 Å². The van der Waals surface area contributed by atoms with Crippen LogP contribution in [0.1, 0.15) is 17.1 Å². The number of halogens is 3. The van der Waals surface area contributed by atoms with Gasteiger partial charge in [-0.05, 0) is 20.8 Å². The molecule has 8 heteroatoms. The summed E-state index contributed by atoms with van der Waals surface area (Å²) in [7, 11) is 0. The van der Waals surface area contributed by atoms with E-state index in [1.54, 1.807) is 20.8 Å². The number of hydrogen-bond donors (Lipinski definition) is 1. The maximum absolute atomic E-state index is 13.0. The predicted octanol–water partition coefficient (Wildman–Crippen LogP) is 2.10. The van der Waals surface area contributed by atoms with E-state index in [9.17, 15) is 18.0 Å². The van der Waals surface area contributed by atoms with E-state index in [4.69, 9.17) is 5.11 Å². The van der Waals surface area contributed by atoms with Crippen LogP contribution < -0.4 is 4.90 Å². The average molecular weight is 303 g/mol. The van der Waals surface area contributed by atoms with Gasteiger partial charge in [0.1, 0.15) is 11.6 Å². The van der Waals surface area contributed by atoms with E-state index in [1.165, 1.54) is 4.90 Å². The Hall–Kier alpha value is -1.86. The number of aromatic nitrogens is 2. The third-order valence-electron chi connectivity index (χ3n) is 3.83. The van der Waals surface area contributed by atoms with Gasteiger partial charge in [-0.1, -0.05) is 0 Å². The molecule has 1 saturated heterocycles. The molecule has 2 heterocycles. The molecule has 0 aliphatic carbocycles. The minimum atomic E-state index is -4.54. The number of alkyl halides is 3. The second kappa shape index (κ2) is 5.16. The Morgan fingerprint density at radius 3 is 2.33 bits per heavy atom. The fourth-order valence-corrected chi connectivity index (χ4v) is 2.62. The number of carboxylic acid groups (broad SMARTS) is 1. The number of rotatable bonds is 2. The molecule has 1 aromatic heterocycles. The van der Waals surface area contributed by atoms with Gasteiger partial charge in [-0.25, -0.2) is 9.97 Å². The lowest BCUT2D eigenvalue weighted by atomic mass is 9.96. The van der Waals surface area contributed by atoms with E-state index < -0.39 is 30.5 Å². The largest absolute Gasteiger partial charge is 0.481 e. The Morgan fingerprint density at radius 2 is 1.86 bits per heavy atom. The molecule has 1 aromatic rings. The van der Waals surface area contributed by atoms with Gasteiger partial charge in [0, 0.05) is 24.3 Å². The highest BCUT2D eigenvalue weighted by Crippen LogP contribution is 2.39. The molecule has 2 rings (SSSR count). The highest BCUT2D eigenvalue weighted by molar-refractivity contribution is 5.73. The Kier molecular flexibility index (Phi) is 3.81. The molecule has 116 valence electrons. The van der Waals surface area contributed by atoms with E-state index in [-0.39, 0.29) is 6.54 Å². The van der Waals surface area contributed by atoms with E-state index in [2.05, 4.69) is 9.97 Å². The van der Waals surface area contributed by atoms with Crippen LogP contribution in [0.2, 0.25) is 0 Å². The van der Waals surface area contributed by atoms with Crippen LogP contribution in [-0.4, -0.2) is 40.3 Å². The number of nitrogens with zero attached hydrogens (tertiary/aromatic N) is 3. The first-order chi connectivity index (χ1) is 9.61. The summed E-state index contributed by atoms with van der Waals surface area (Å²) in [6.07, 6.45) is -4.54. The first-order valence-corrected chi connectivity index (χ1v) is 6.47. The minimum Gasteiger partial charge on any atom is -0.481 e. The highest BCUT2D eigenvalue weighted by Gasteiger charge is 2.53. The summed E-state index contributed by atoms with van der Waals surface area (Å²) >= 11 is 0. The summed E-state index contributed by atoms with van der Waals surface area (Å²) in [5.41, 5.74) is 1.35. The molecule has 0 radical (unpaired) electrons. The van der Waals surface area contributed by atoms with Gasteiger partial charge in [-0.3, -0.25) is 4.79 Å². The molecular formula is C13H16F3N3O2. The van der Waals surface area contributed by atoms with Crippen molar-refractivity contribution in [3.05, 3.63) is 17.1 Å². The van der Waals surface area contributed by atoms with Crippen molar-refractivity contribution in [2.75, 3.05) is 18.0 Å². The van der Waals surface area contributed by atoms with Crippen LogP contribution in [0.25, 0.3) is 0 Å². The quantitative estimate of drug-likeness (QED) is 0.906. The number of anilines is 1. The molecule has 1 aliphatic heterocycles. The fourth-order valence-electron chi connectivity index (χ4n) is 2.62. The van der Waals surface area contributed by atoms with Gasteiger partial charge in [0.2, 0.25) is 0 Å². The van der Waals surface area contributed by atoms with Crippen molar-refractivity contribution in [2.45, 2.75) is 26.9 Å². The van der Waals surface area contributed by atoms with Crippen LogP contribution in [-0.2, 0) is 4.79 Å². The Morgan fingerprint density at radius 1 is 1.24 bits per heavy atom. The molecule has 2 atom stereocenters. The van der Waals surface area contributed by atoms with Gasteiger partial charge in [0.15, 0.2) is 0 Å². The van der Waals surface area contributed by atoms with Gasteiger partial charge in [0.05, 0.1) is 11.8 Å². The molecule has 5 nitrogen and oxygen atoms in total. The molecule has 21 heavy (non-hydrogen) atoms. The maximum atomic E-state index is 13.0. The van der Waals surface area contributed by atoms with Crippen LogP contribution in [0.5, 0.6) is 0 Å². The summed E-state index contributed by atoms with van der Waals surface area (Å²) in [5.74, 6) is -3.95. The number of aryl methyl sites for hydroxylation is 2. The monoisotopic (exact) mass is 303 g/mol. The van der Waals surface area contributed by atoms with Crippen molar-refractivity contribution in [1.82, 2.24) is 9.97 Å². The number of aliphatic carboxylic acids is 1. The van der Waals surface area contributed by atoms with Gasteiger partial charge in [-0.2, -0.15) is 13.2 Å². The lowest BCUT2D eigenvalue weighted by Gasteiger charge is -2.21. The summed E-state index contributed by atoms with van der Waals surface area (Å²) < 4.78 is 39.0. The van der Waals surface area contributed by atoms with Gasteiger partial charge >= 0.3 is 12.1 Å². The second-order valence-corrected chi connectivity index (χ2v) is 5.30. The topological polar surface area (TPSA) is 66.3 Å². The molecule has 1 fully saturated rings. The van der Waals surface area contributed by atoms with Crippen molar-refractivity contribution in [3.63, 3.8) is 0 Å². The number of carboxylic acids is 1. The molecule has 0 spiro atoms. The molecule has 1 N–H and O–H groups in total. The SMILES string of the molecule is Cc1nc(C)c(C)c(N2C[C@@H](C(F)(F)F)[C@H](C(=O)O)C2)n1. The number of hydrogen-bond acceptors (Lipinski definition) is 4. The van der Waals surface area contributed by atoms with Gasteiger partial charge in [-0.15, -0.1) is 0 Å². The summed E-state index contributed by atoms with van der Waals surface area (Å²) in [6.45, 7) is 4.54. The maximum Gasteiger partial charge on any atom is 0.394 e. The molecule has 0 bridgehead atoms. The van der Waals surface area contributed by atoms with Crippen molar-refractivity contribution >= 4 is 11.8 Å². The normalized spacial score (nSPS) is 22.7. The van der Waals surface area contributed by atoms with E-state index in [0.29, 0.717) is 22.9 Å². The number of carbonyl (C=O) groups is 1. The average Bonchev–Trinajstić information content (AvgIpc) is 2.78. The third-order valence-corrected chi connectivity index (χ3v) is 3.83.